The van der Waals surface area contributed by atoms with Crippen molar-refractivity contribution in [3.8, 4) is 5.75 Å². The Labute approximate surface area is 112 Å². The molecule has 1 aliphatic rings. The van der Waals surface area contributed by atoms with Gasteiger partial charge in [-0.1, -0.05) is 31.1 Å². The van der Waals surface area contributed by atoms with Gasteiger partial charge in [0.2, 0.25) is 0 Å². The van der Waals surface area contributed by atoms with Crippen molar-refractivity contribution in [2.75, 3.05) is 11.9 Å². The summed E-state index contributed by atoms with van der Waals surface area (Å²) in [5.74, 6) is 2.61. The molecule has 3 rings (SSSR count). The molecule has 0 radical (unpaired) electrons. The number of para-hydroxylation sites is 2. The summed E-state index contributed by atoms with van der Waals surface area (Å²) in [4.78, 5) is 4.40. The first-order chi connectivity index (χ1) is 9.22. The minimum Gasteiger partial charge on any atom is -0.477 e. The summed E-state index contributed by atoms with van der Waals surface area (Å²) >= 11 is 0. The van der Waals surface area contributed by atoms with E-state index in [4.69, 9.17) is 9.26 Å². The van der Waals surface area contributed by atoms with Crippen LogP contribution in [0.25, 0.3) is 0 Å². The summed E-state index contributed by atoms with van der Waals surface area (Å²) in [6.45, 7) is 4.90. The highest BCUT2D eigenvalue weighted by atomic mass is 16.5. The van der Waals surface area contributed by atoms with E-state index in [0.717, 1.165) is 23.7 Å². The molecule has 2 aromatic rings. The first-order valence-electron chi connectivity index (χ1n) is 6.54. The SMILES string of the molecule is CC(C)Cc1noc(C2CNc3ccccc3O2)n1. The molecule has 1 aromatic heterocycles. The third-order valence-corrected chi connectivity index (χ3v) is 2.98. The predicted molar refractivity (Wildman–Crippen MR) is 71.1 cm³/mol. The highest BCUT2D eigenvalue weighted by Gasteiger charge is 2.25. The van der Waals surface area contributed by atoms with Crippen LogP contribution in [0, 0.1) is 5.92 Å². The molecule has 5 nitrogen and oxygen atoms in total. The van der Waals surface area contributed by atoms with Crippen LogP contribution in [0.3, 0.4) is 0 Å². The van der Waals surface area contributed by atoms with Gasteiger partial charge in [0.15, 0.2) is 11.9 Å². The lowest BCUT2D eigenvalue weighted by atomic mass is 10.1. The van der Waals surface area contributed by atoms with Gasteiger partial charge in [-0.15, -0.1) is 0 Å². The number of aromatic nitrogens is 2. The molecule has 0 bridgehead atoms. The second-order valence-electron chi connectivity index (χ2n) is 5.13. The van der Waals surface area contributed by atoms with E-state index >= 15 is 0 Å². The first kappa shape index (κ1) is 12.0. The van der Waals surface area contributed by atoms with Crippen molar-refractivity contribution in [2.24, 2.45) is 5.92 Å². The Hall–Kier alpha value is -2.04. The number of benzene rings is 1. The maximum absolute atomic E-state index is 5.88. The molecule has 1 unspecified atom stereocenters. The minimum absolute atomic E-state index is 0.219. The lowest BCUT2D eigenvalue weighted by molar-refractivity contribution is 0.162. The van der Waals surface area contributed by atoms with Gasteiger partial charge in [0.05, 0.1) is 12.2 Å². The Kier molecular flexibility index (Phi) is 3.11. The van der Waals surface area contributed by atoms with E-state index in [0.29, 0.717) is 18.4 Å². The molecule has 0 saturated heterocycles. The highest BCUT2D eigenvalue weighted by Crippen LogP contribution is 2.33. The number of ether oxygens (including phenoxy) is 1. The zero-order chi connectivity index (χ0) is 13.2. The quantitative estimate of drug-likeness (QED) is 0.918. The second kappa shape index (κ2) is 4.91. The Morgan fingerprint density at radius 1 is 1.37 bits per heavy atom. The van der Waals surface area contributed by atoms with E-state index in [1.807, 2.05) is 24.3 Å². The smallest absolute Gasteiger partial charge is 0.269 e. The number of rotatable bonds is 3. The van der Waals surface area contributed by atoms with E-state index < -0.39 is 0 Å². The number of anilines is 1. The molecule has 1 N–H and O–H groups in total. The third-order valence-electron chi connectivity index (χ3n) is 2.98. The Morgan fingerprint density at radius 3 is 3.05 bits per heavy atom. The molecule has 2 heterocycles. The summed E-state index contributed by atoms with van der Waals surface area (Å²) in [5, 5.41) is 7.30. The second-order valence-corrected chi connectivity index (χ2v) is 5.13. The van der Waals surface area contributed by atoms with Crippen LogP contribution in [0.1, 0.15) is 31.7 Å². The monoisotopic (exact) mass is 259 g/mol. The molecule has 0 aliphatic carbocycles. The summed E-state index contributed by atoms with van der Waals surface area (Å²) < 4.78 is 11.2. The number of nitrogens with one attached hydrogen (secondary N) is 1. The van der Waals surface area contributed by atoms with Crippen molar-refractivity contribution in [1.29, 1.82) is 0 Å². The topological polar surface area (TPSA) is 60.2 Å². The van der Waals surface area contributed by atoms with Crippen molar-refractivity contribution < 1.29 is 9.26 Å². The molecule has 0 fully saturated rings. The Bertz CT molecular complexity index is 565. The molecule has 0 saturated carbocycles. The van der Waals surface area contributed by atoms with Crippen LogP contribution in [-0.4, -0.2) is 16.7 Å². The van der Waals surface area contributed by atoms with Crippen LogP contribution in [0.2, 0.25) is 0 Å². The van der Waals surface area contributed by atoms with Gasteiger partial charge in [0.1, 0.15) is 5.75 Å². The minimum atomic E-state index is -0.219. The predicted octanol–water partition coefficient (Wildman–Crippen LogP) is 2.81. The van der Waals surface area contributed by atoms with E-state index in [2.05, 4.69) is 29.3 Å². The third kappa shape index (κ3) is 2.54. The Morgan fingerprint density at radius 2 is 2.21 bits per heavy atom. The molecular formula is C14H17N3O2. The number of fused-ring (bicyclic) bond motifs is 1. The summed E-state index contributed by atoms with van der Waals surface area (Å²) in [6, 6.07) is 7.84. The van der Waals surface area contributed by atoms with Gasteiger partial charge < -0.3 is 14.6 Å². The Balaban J connectivity index is 1.76. The molecular weight excluding hydrogens is 242 g/mol. The molecule has 0 amide bonds. The fraction of sp³-hybridized carbons (Fsp3) is 0.429. The summed E-state index contributed by atoms with van der Waals surface area (Å²) in [6.07, 6.45) is 0.601. The molecule has 100 valence electrons. The van der Waals surface area contributed by atoms with Gasteiger partial charge in [0.25, 0.3) is 5.89 Å². The van der Waals surface area contributed by atoms with Crippen molar-refractivity contribution >= 4 is 5.69 Å². The van der Waals surface area contributed by atoms with Crippen LogP contribution in [0.5, 0.6) is 5.75 Å². The van der Waals surface area contributed by atoms with Crippen molar-refractivity contribution in [3.63, 3.8) is 0 Å². The zero-order valence-corrected chi connectivity index (χ0v) is 11.1. The van der Waals surface area contributed by atoms with Gasteiger partial charge >= 0.3 is 0 Å². The van der Waals surface area contributed by atoms with Crippen LogP contribution >= 0.6 is 0 Å². The maximum Gasteiger partial charge on any atom is 0.269 e. The molecule has 5 heteroatoms. The van der Waals surface area contributed by atoms with Gasteiger partial charge in [0, 0.05) is 6.42 Å². The average Bonchev–Trinajstić information content (AvgIpc) is 2.86. The normalized spacial score (nSPS) is 17.7. The van der Waals surface area contributed by atoms with E-state index in [1.165, 1.54) is 0 Å². The van der Waals surface area contributed by atoms with Crippen LogP contribution < -0.4 is 10.1 Å². The number of hydrogen-bond donors (Lipinski definition) is 1. The largest absolute Gasteiger partial charge is 0.477 e. The number of hydrogen-bond acceptors (Lipinski definition) is 5. The van der Waals surface area contributed by atoms with E-state index in [-0.39, 0.29) is 6.10 Å². The molecule has 1 aromatic carbocycles. The van der Waals surface area contributed by atoms with Gasteiger partial charge in [-0.3, -0.25) is 0 Å². The van der Waals surface area contributed by atoms with Crippen LogP contribution in [0.4, 0.5) is 5.69 Å². The lowest BCUT2D eigenvalue weighted by Crippen LogP contribution is -2.23. The molecule has 0 spiro atoms. The average molecular weight is 259 g/mol. The van der Waals surface area contributed by atoms with Crippen LogP contribution in [0.15, 0.2) is 28.8 Å². The van der Waals surface area contributed by atoms with Crippen LogP contribution in [-0.2, 0) is 6.42 Å². The number of nitrogens with zero attached hydrogens (tertiary/aromatic N) is 2. The van der Waals surface area contributed by atoms with Gasteiger partial charge in [-0.2, -0.15) is 4.98 Å². The summed E-state index contributed by atoms with van der Waals surface area (Å²) in [7, 11) is 0. The molecule has 1 aliphatic heterocycles. The first-order valence-corrected chi connectivity index (χ1v) is 6.54. The van der Waals surface area contributed by atoms with Gasteiger partial charge in [-0.05, 0) is 18.1 Å². The standard InChI is InChI=1S/C14H17N3O2/c1-9(2)7-13-16-14(19-17-13)12-8-15-10-5-3-4-6-11(10)18-12/h3-6,9,12,15H,7-8H2,1-2H3. The zero-order valence-electron chi connectivity index (χ0n) is 11.1. The molecule has 19 heavy (non-hydrogen) atoms. The maximum atomic E-state index is 5.88. The molecule has 1 atom stereocenters. The van der Waals surface area contributed by atoms with E-state index in [9.17, 15) is 0 Å². The fourth-order valence-electron chi connectivity index (χ4n) is 2.10. The van der Waals surface area contributed by atoms with Gasteiger partial charge in [-0.25, -0.2) is 0 Å². The lowest BCUT2D eigenvalue weighted by Gasteiger charge is -2.24. The van der Waals surface area contributed by atoms with Crippen molar-refractivity contribution in [3.05, 3.63) is 36.0 Å². The summed E-state index contributed by atoms with van der Waals surface area (Å²) in [5.41, 5.74) is 1.00. The highest BCUT2D eigenvalue weighted by molar-refractivity contribution is 5.57. The fourth-order valence-corrected chi connectivity index (χ4v) is 2.10. The van der Waals surface area contributed by atoms with E-state index in [1.54, 1.807) is 0 Å². The van der Waals surface area contributed by atoms with Crippen molar-refractivity contribution in [1.82, 2.24) is 10.1 Å². The van der Waals surface area contributed by atoms with Crippen molar-refractivity contribution in [2.45, 2.75) is 26.4 Å².